The lowest BCUT2D eigenvalue weighted by atomic mass is 9.53. The second kappa shape index (κ2) is 3.43. The molecule has 4 nitrogen and oxygen atoms in total. The van der Waals surface area contributed by atoms with Gasteiger partial charge >= 0.3 is 0 Å². The highest BCUT2D eigenvalue weighted by Gasteiger charge is 2.52. The number of hydrogen-bond acceptors (Lipinski definition) is 3. The monoisotopic (exact) mass is 246 g/mol. The third kappa shape index (κ3) is 1.35. The zero-order valence-corrected chi connectivity index (χ0v) is 11.0. The van der Waals surface area contributed by atoms with Crippen molar-refractivity contribution in [2.45, 2.75) is 44.1 Å². The number of nitrogen functional groups attached to an aromatic ring is 1. The van der Waals surface area contributed by atoms with E-state index in [1.807, 2.05) is 13.1 Å². The Bertz CT molecular complexity index is 441. The molecule has 4 heteroatoms. The molecule has 4 fully saturated rings. The van der Waals surface area contributed by atoms with Crippen molar-refractivity contribution in [3.8, 4) is 0 Å². The van der Waals surface area contributed by atoms with Gasteiger partial charge in [0.05, 0.1) is 5.54 Å². The quantitative estimate of drug-likeness (QED) is 0.842. The maximum atomic E-state index is 6.20. The lowest BCUT2D eigenvalue weighted by Gasteiger charge is -2.56. The summed E-state index contributed by atoms with van der Waals surface area (Å²) in [5, 5.41) is 7.81. The van der Waals surface area contributed by atoms with Crippen LogP contribution in [0.1, 0.15) is 38.5 Å². The molecule has 0 amide bonds. The zero-order valence-electron chi connectivity index (χ0n) is 11.0. The van der Waals surface area contributed by atoms with E-state index in [0.717, 1.165) is 29.4 Å². The first-order valence-electron chi connectivity index (χ1n) is 7.22. The second-order valence-electron chi connectivity index (χ2n) is 6.76. The predicted molar refractivity (Wildman–Crippen MR) is 72.3 cm³/mol. The average Bonchev–Trinajstić information content (AvgIpc) is 2.69. The first-order chi connectivity index (χ1) is 8.68. The summed E-state index contributed by atoms with van der Waals surface area (Å²) in [7, 11) is 1.91. The van der Waals surface area contributed by atoms with Gasteiger partial charge in [0.25, 0.3) is 0 Å². The highest BCUT2D eigenvalue weighted by molar-refractivity contribution is 5.46. The molecule has 0 radical (unpaired) electrons. The fourth-order valence-corrected chi connectivity index (χ4v) is 5.22. The summed E-state index contributed by atoms with van der Waals surface area (Å²) in [6.07, 6.45) is 8.27. The number of aromatic nitrogens is 2. The lowest BCUT2D eigenvalue weighted by molar-refractivity contribution is -0.0480. The molecule has 5 rings (SSSR count). The molecule has 0 atom stereocenters. The number of nitrogens with one attached hydrogen (secondary N) is 1. The molecule has 4 aliphatic carbocycles. The summed E-state index contributed by atoms with van der Waals surface area (Å²) in [4.78, 5) is 0. The molecule has 0 spiro atoms. The lowest BCUT2D eigenvalue weighted by Crippen LogP contribution is -2.52. The minimum Gasteiger partial charge on any atom is -0.384 e. The molecular weight excluding hydrogens is 224 g/mol. The smallest absolute Gasteiger partial charge is 0.149 e. The van der Waals surface area contributed by atoms with Crippen molar-refractivity contribution < 1.29 is 0 Å². The van der Waals surface area contributed by atoms with Crippen molar-refractivity contribution in [2.24, 2.45) is 17.8 Å². The minimum absolute atomic E-state index is 0.244. The number of nitrogens with two attached hydrogens (primary N) is 1. The van der Waals surface area contributed by atoms with Crippen LogP contribution >= 0.6 is 0 Å². The Morgan fingerprint density at radius 2 is 1.78 bits per heavy atom. The van der Waals surface area contributed by atoms with Crippen LogP contribution in [0, 0.1) is 17.8 Å². The third-order valence-electron chi connectivity index (χ3n) is 5.45. The van der Waals surface area contributed by atoms with Crippen LogP contribution in [0.25, 0.3) is 0 Å². The molecule has 1 aromatic rings. The molecule has 4 aliphatic rings. The Kier molecular flexibility index (Phi) is 2.04. The first-order valence-corrected chi connectivity index (χ1v) is 7.22. The van der Waals surface area contributed by atoms with Crippen molar-refractivity contribution >= 4 is 11.6 Å². The van der Waals surface area contributed by atoms with E-state index in [9.17, 15) is 0 Å². The van der Waals surface area contributed by atoms with Crippen molar-refractivity contribution in [3.05, 3.63) is 6.07 Å². The van der Waals surface area contributed by atoms with Crippen LogP contribution in [0.5, 0.6) is 0 Å². The normalized spacial score (nSPS) is 41.3. The Morgan fingerprint density at radius 3 is 2.22 bits per heavy atom. The van der Waals surface area contributed by atoms with Gasteiger partial charge < -0.3 is 11.1 Å². The number of nitrogens with zero attached hydrogens (tertiary/aromatic N) is 2. The number of rotatable bonds is 2. The third-order valence-corrected chi connectivity index (χ3v) is 5.45. The van der Waals surface area contributed by atoms with Crippen molar-refractivity contribution in [1.82, 2.24) is 9.78 Å². The van der Waals surface area contributed by atoms with E-state index in [1.165, 1.54) is 38.5 Å². The number of anilines is 2. The van der Waals surface area contributed by atoms with Crippen LogP contribution in [0.15, 0.2) is 6.07 Å². The molecule has 1 aromatic heterocycles. The molecule has 18 heavy (non-hydrogen) atoms. The maximum Gasteiger partial charge on any atom is 0.149 e. The van der Waals surface area contributed by atoms with E-state index in [2.05, 4.69) is 10.00 Å². The Balaban J connectivity index is 1.76. The predicted octanol–water partition coefficient (Wildman–Crippen LogP) is 2.43. The standard InChI is InChI=1S/C14H22N4/c1-16-13-5-12(15)18(17-13)14-6-9-2-10(7-14)4-11(3-9)8-14/h5,9-11H,2-4,6-8,15H2,1H3,(H,16,17). The van der Waals surface area contributed by atoms with Gasteiger partial charge in [0, 0.05) is 13.1 Å². The van der Waals surface area contributed by atoms with E-state index in [4.69, 9.17) is 10.8 Å². The zero-order chi connectivity index (χ0) is 12.3. The maximum absolute atomic E-state index is 6.20. The van der Waals surface area contributed by atoms with Gasteiger partial charge in [-0.1, -0.05) is 0 Å². The molecule has 0 aliphatic heterocycles. The Morgan fingerprint density at radius 1 is 1.22 bits per heavy atom. The Labute approximate surface area is 108 Å². The second-order valence-corrected chi connectivity index (χ2v) is 6.76. The molecule has 0 aromatic carbocycles. The van der Waals surface area contributed by atoms with Crippen LogP contribution in [0.3, 0.4) is 0 Å². The molecular formula is C14H22N4. The summed E-state index contributed by atoms with van der Waals surface area (Å²) in [6, 6.07) is 1.97. The number of hydrogen-bond donors (Lipinski definition) is 2. The van der Waals surface area contributed by atoms with Gasteiger partial charge in [-0.15, -0.1) is 0 Å². The van der Waals surface area contributed by atoms with Crippen molar-refractivity contribution in [3.63, 3.8) is 0 Å². The summed E-state index contributed by atoms with van der Waals surface area (Å²) < 4.78 is 2.16. The van der Waals surface area contributed by atoms with Gasteiger partial charge in [-0.2, -0.15) is 5.10 Å². The molecule has 4 saturated carbocycles. The molecule has 0 saturated heterocycles. The highest BCUT2D eigenvalue weighted by atomic mass is 15.4. The fraction of sp³-hybridized carbons (Fsp3) is 0.786. The van der Waals surface area contributed by atoms with Gasteiger partial charge in [-0.3, -0.25) is 0 Å². The highest BCUT2D eigenvalue weighted by Crippen LogP contribution is 2.59. The fourth-order valence-electron chi connectivity index (χ4n) is 5.22. The van der Waals surface area contributed by atoms with E-state index in [0.29, 0.717) is 0 Å². The van der Waals surface area contributed by atoms with E-state index >= 15 is 0 Å². The molecule has 3 N–H and O–H groups in total. The average molecular weight is 246 g/mol. The minimum atomic E-state index is 0.244. The van der Waals surface area contributed by atoms with Gasteiger partial charge in [-0.05, 0) is 56.3 Å². The van der Waals surface area contributed by atoms with Gasteiger partial charge in [0.15, 0.2) is 0 Å². The molecule has 1 heterocycles. The van der Waals surface area contributed by atoms with E-state index < -0.39 is 0 Å². The van der Waals surface area contributed by atoms with E-state index in [-0.39, 0.29) is 5.54 Å². The Hall–Kier alpha value is -1.19. The van der Waals surface area contributed by atoms with Crippen LogP contribution in [-0.2, 0) is 5.54 Å². The van der Waals surface area contributed by atoms with Crippen LogP contribution in [-0.4, -0.2) is 16.8 Å². The van der Waals surface area contributed by atoms with E-state index in [1.54, 1.807) is 0 Å². The summed E-state index contributed by atoms with van der Waals surface area (Å²) in [5.41, 5.74) is 6.44. The molecule has 0 unspecified atom stereocenters. The SMILES string of the molecule is CNc1cc(N)n(C23CC4CC(CC(C4)C2)C3)n1. The van der Waals surface area contributed by atoms with Crippen LogP contribution < -0.4 is 11.1 Å². The van der Waals surface area contributed by atoms with Crippen molar-refractivity contribution in [1.29, 1.82) is 0 Å². The van der Waals surface area contributed by atoms with Crippen LogP contribution in [0.4, 0.5) is 11.6 Å². The molecule has 98 valence electrons. The van der Waals surface area contributed by atoms with Gasteiger partial charge in [0.1, 0.15) is 11.6 Å². The van der Waals surface area contributed by atoms with Gasteiger partial charge in [0.2, 0.25) is 0 Å². The summed E-state index contributed by atoms with van der Waals surface area (Å²) in [6.45, 7) is 0. The first kappa shape index (κ1) is 10.7. The molecule has 4 bridgehead atoms. The topological polar surface area (TPSA) is 55.9 Å². The largest absolute Gasteiger partial charge is 0.384 e. The van der Waals surface area contributed by atoms with Crippen molar-refractivity contribution in [2.75, 3.05) is 18.1 Å². The summed E-state index contributed by atoms with van der Waals surface area (Å²) >= 11 is 0. The van der Waals surface area contributed by atoms with Gasteiger partial charge in [-0.25, -0.2) is 4.68 Å². The summed E-state index contributed by atoms with van der Waals surface area (Å²) in [5.74, 6) is 4.53. The van der Waals surface area contributed by atoms with Crippen LogP contribution in [0.2, 0.25) is 0 Å².